The fourth-order valence-corrected chi connectivity index (χ4v) is 2.62. The second-order valence-corrected chi connectivity index (χ2v) is 7.11. The predicted molar refractivity (Wildman–Crippen MR) is 83.9 cm³/mol. The van der Waals surface area contributed by atoms with Crippen molar-refractivity contribution < 1.29 is 9.53 Å². The Labute approximate surface area is 128 Å². The molecule has 0 saturated heterocycles. The lowest BCUT2D eigenvalue weighted by molar-refractivity contribution is 0.0636. The fourth-order valence-electron chi connectivity index (χ4n) is 2.26. The molecule has 0 bridgehead atoms. The van der Waals surface area contributed by atoms with Gasteiger partial charge in [-0.25, -0.2) is 4.79 Å². The Morgan fingerprint density at radius 2 is 2.20 bits per heavy atom. The molecule has 110 valence electrons. The molecular weight excluding hydrogens is 320 g/mol. The summed E-state index contributed by atoms with van der Waals surface area (Å²) in [6.07, 6.45) is 0.656. The van der Waals surface area contributed by atoms with E-state index in [0.717, 1.165) is 22.1 Å². The van der Waals surface area contributed by atoms with Crippen molar-refractivity contribution in [1.82, 2.24) is 0 Å². The minimum atomic E-state index is -0.504. The van der Waals surface area contributed by atoms with E-state index in [1.165, 1.54) is 0 Å². The van der Waals surface area contributed by atoms with E-state index in [1.54, 1.807) is 0 Å². The van der Waals surface area contributed by atoms with Crippen LogP contribution < -0.4 is 11.1 Å². The molecule has 1 saturated carbocycles. The van der Waals surface area contributed by atoms with E-state index in [2.05, 4.69) is 21.2 Å². The van der Waals surface area contributed by atoms with Crippen molar-refractivity contribution in [3.05, 3.63) is 28.2 Å². The molecule has 1 amide bonds. The van der Waals surface area contributed by atoms with Gasteiger partial charge in [0, 0.05) is 10.2 Å². The number of carbonyl (C=O) groups excluding carboxylic acids is 1. The molecule has 4 nitrogen and oxygen atoms in total. The molecular formula is C15H21BrN2O2. The molecule has 1 aromatic carbocycles. The van der Waals surface area contributed by atoms with Gasteiger partial charge in [0.2, 0.25) is 0 Å². The van der Waals surface area contributed by atoms with Gasteiger partial charge < -0.3 is 10.5 Å². The maximum absolute atomic E-state index is 11.9. The van der Waals surface area contributed by atoms with E-state index in [-0.39, 0.29) is 0 Å². The highest BCUT2D eigenvalue weighted by molar-refractivity contribution is 9.10. The standard InChI is InChI=1S/C15H21BrN2O2/c1-15(2,3)20-14(19)18-13-7-10(16)4-5-11(13)12-6-9(12)8-17/h4-5,7,9,12H,6,8,17H2,1-3H3,(H,18,19). The molecule has 1 aromatic rings. The molecule has 20 heavy (non-hydrogen) atoms. The Morgan fingerprint density at radius 3 is 2.75 bits per heavy atom. The monoisotopic (exact) mass is 340 g/mol. The van der Waals surface area contributed by atoms with Crippen LogP contribution in [0.4, 0.5) is 10.5 Å². The zero-order valence-electron chi connectivity index (χ0n) is 12.1. The third kappa shape index (κ3) is 3.96. The van der Waals surface area contributed by atoms with Crippen LogP contribution in [0.5, 0.6) is 0 Å². The molecule has 1 aliphatic rings. The van der Waals surface area contributed by atoms with Crippen LogP contribution >= 0.6 is 15.9 Å². The lowest BCUT2D eigenvalue weighted by Crippen LogP contribution is -2.27. The number of halogens is 1. The van der Waals surface area contributed by atoms with E-state index >= 15 is 0 Å². The molecule has 0 aromatic heterocycles. The number of nitrogens with one attached hydrogen (secondary N) is 1. The third-order valence-electron chi connectivity index (χ3n) is 3.28. The Kier molecular flexibility index (Phi) is 4.39. The molecule has 1 aliphatic carbocycles. The van der Waals surface area contributed by atoms with Crippen LogP contribution in [0.15, 0.2) is 22.7 Å². The number of amides is 1. The van der Waals surface area contributed by atoms with Gasteiger partial charge in [-0.2, -0.15) is 0 Å². The largest absolute Gasteiger partial charge is 0.444 e. The molecule has 0 heterocycles. The van der Waals surface area contributed by atoms with Crippen molar-refractivity contribution in [3.63, 3.8) is 0 Å². The first kappa shape index (κ1) is 15.3. The van der Waals surface area contributed by atoms with Gasteiger partial charge in [-0.3, -0.25) is 5.32 Å². The molecule has 0 radical (unpaired) electrons. The first-order valence-electron chi connectivity index (χ1n) is 6.79. The van der Waals surface area contributed by atoms with Crippen LogP contribution in [-0.4, -0.2) is 18.2 Å². The first-order chi connectivity index (χ1) is 9.30. The maximum atomic E-state index is 11.9. The van der Waals surface area contributed by atoms with E-state index in [1.807, 2.05) is 39.0 Å². The van der Waals surface area contributed by atoms with E-state index in [9.17, 15) is 4.79 Å². The second-order valence-electron chi connectivity index (χ2n) is 6.20. The van der Waals surface area contributed by atoms with Gasteiger partial charge in [-0.15, -0.1) is 0 Å². The Morgan fingerprint density at radius 1 is 1.50 bits per heavy atom. The van der Waals surface area contributed by atoms with E-state index in [0.29, 0.717) is 18.4 Å². The zero-order valence-corrected chi connectivity index (χ0v) is 13.7. The average molecular weight is 341 g/mol. The summed E-state index contributed by atoms with van der Waals surface area (Å²) in [4.78, 5) is 11.9. The van der Waals surface area contributed by atoms with Crippen LogP contribution in [0, 0.1) is 5.92 Å². The summed E-state index contributed by atoms with van der Waals surface area (Å²) in [5.74, 6) is 0.966. The van der Waals surface area contributed by atoms with E-state index in [4.69, 9.17) is 10.5 Å². The molecule has 0 aliphatic heterocycles. The summed E-state index contributed by atoms with van der Waals surface area (Å²) in [5, 5.41) is 2.84. The topological polar surface area (TPSA) is 64.3 Å². The second kappa shape index (κ2) is 5.74. The molecule has 2 rings (SSSR count). The SMILES string of the molecule is CC(C)(C)OC(=O)Nc1cc(Br)ccc1C1CC1CN. The van der Waals surface area contributed by atoms with Crippen molar-refractivity contribution in [3.8, 4) is 0 Å². The van der Waals surface area contributed by atoms with Gasteiger partial charge in [0.05, 0.1) is 0 Å². The minimum Gasteiger partial charge on any atom is -0.444 e. The molecule has 2 unspecified atom stereocenters. The number of hydrogen-bond donors (Lipinski definition) is 2. The molecule has 1 fully saturated rings. The quantitative estimate of drug-likeness (QED) is 0.877. The smallest absolute Gasteiger partial charge is 0.412 e. The van der Waals surface area contributed by atoms with Gasteiger partial charge >= 0.3 is 6.09 Å². The van der Waals surface area contributed by atoms with Crippen molar-refractivity contribution in [2.45, 2.75) is 38.7 Å². The molecule has 0 spiro atoms. The average Bonchev–Trinajstić information content (AvgIpc) is 3.05. The Hall–Kier alpha value is -1.07. The number of carbonyl (C=O) groups is 1. The molecule has 5 heteroatoms. The van der Waals surface area contributed by atoms with E-state index < -0.39 is 11.7 Å². The van der Waals surface area contributed by atoms with Gasteiger partial charge in [0.15, 0.2) is 0 Å². The lowest BCUT2D eigenvalue weighted by Gasteiger charge is -2.20. The van der Waals surface area contributed by atoms with Crippen LogP contribution in [0.1, 0.15) is 38.7 Å². The minimum absolute atomic E-state index is 0.429. The number of nitrogens with two attached hydrogens (primary N) is 1. The van der Waals surface area contributed by atoms with Gasteiger partial charge in [0.25, 0.3) is 0 Å². The lowest BCUT2D eigenvalue weighted by atomic mass is 10.1. The van der Waals surface area contributed by atoms with Crippen LogP contribution in [-0.2, 0) is 4.74 Å². The van der Waals surface area contributed by atoms with Crippen molar-refractivity contribution in [1.29, 1.82) is 0 Å². The van der Waals surface area contributed by atoms with Crippen molar-refractivity contribution >= 4 is 27.7 Å². The van der Waals surface area contributed by atoms with Crippen molar-refractivity contribution in [2.24, 2.45) is 11.7 Å². The summed E-state index contributed by atoms with van der Waals surface area (Å²) in [6.45, 7) is 6.23. The van der Waals surface area contributed by atoms with Crippen molar-refractivity contribution in [2.75, 3.05) is 11.9 Å². The first-order valence-corrected chi connectivity index (χ1v) is 7.59. The molecule has 3 N–H and O–H groups in total. The van der Waals surface area contributed by atoms with Gasteiger partial charge in [-0.1, -0.05) is 22.0 Å². The predicted octanol–water partition coefficient (Wildman–Crippen LogP) is 3.86. The fraction of sp³-hybridized carbons (Fsp3) is 0.533. The Bertz CT molecular complexity index is 511. The number of benzene rings is 1. The van der Waals surface area contributed by atoms with Crippen LogP contribution in [0.2, 0.25) is 0 Å². The van der Waals surface area contributed by atoms with Gasteiger partial charge in [-0.05, 0) is 63.3 Å². The Balaban J connectivity index is 2.14. The number of ether oxygens (including phenoxy) is 1. The normalized spacial score (nSPS) is 21.4. The van der Waals surface area contributed by atoms with Gasteiger partial charge in [0.1, 0.15) is 5.60 Å². The maximum Gasteiger partial charge on any atom is 0.412 e. The summed E-state index contributed by atoms with van der Waals surface area (Å²) in [7, 11) is 0. The summed E-state index contributed by atoms with van der Waals surface area (Å²) in [5.41, 5.74) is 7.13. The number of anilines is 1. The number of hydrogen-bond acceptors (Lipinski definition) is 3. The number of rotatable bonds is 3. The highest BCUT2D eigenvalue weighted by Gasteiger charge is 2.38. The van der Waals surface area contributed by atoms with Crippen LogP contribution in [0.25, 0.3) is 0 Å². The highest BCUT2D eigenvalue weighted by Crippen LogP contribution is 2.49. The summed E-state index contributed by atoms with van der Waals surface area (Å²) in [6, 6.07) is 5.93. The zero-order chi connectivity index (χ0) is 14.9. The highest BCUT2D eigenvalue weighted by atomic mass is 79.9. The summed E-state index contributed by atoms with van der Waals surface area (Å²) < 4.78 is 6.23. The summed E-state index contributed by atoms with van der Waals surface area (Å²) >= 11 is 3.43. The van der Waals surface area contributed by atoms with Crippen LogP contribution in [0.3, 0.4) is 0 Å². The third-order valence-corrected chi connectivity index (χ3v) is 3.77. The molecule has 2 atom stereocenters.